The van der Waals surface area contributed by atoms with Crippen molar-refractivity contribution in [2.75, 3.05) is 25.6 Å². The smallest absolute Gasteiger partial charge is 0.265 e. The molecule has 0 bridgehead atoms. The molecule has 28 heavy (non-hydrogen) atoms. The van der Waals surface area contributed by atoms with Crippen molar-refractivity contribution in [2.45, 2.75) is 19.4 Å². The molecule has 0 aromatic heterocycles. The molecule has 2 amide bonds. The van der Waals surface area contributed by atoms with Crippen molar-refractivity contribution >= 4 is 45.0 Å². The molecule has 0 spiro atoms. The van der Waals surface area contributed by atoms with Crippen LogP contribution in [0.1, 0.15) is 23.7 Å². The molecule has 0 aliphatic carbocycles. The van der Waals surface area contributed by atoms with Gasteiger partial charge in [0, 0.05) is 36.5 Å². The summed E-state index contributed by atoms with van der Waals surface area (Å²) in [5.41, 5.74) is 1.09. The van der Waals surface area contributed by atoms with Crippen LogP contribution in [0.25, 0.3) is 0 Å². The van der Waals surface area contributed by atoms with E-state index in [0.29, 0.717) is 39.6 Å². The van der Waals surface area contributed by atoms with Crippen molar-refractivity contribution in [3.8, 4) is 5.75 Å². The number of hydrogen-bond acceptors (Lipinski definition) is 4. The molecule has 1 unspecified atom stereocenters. The molecule has 8 heteroatoms. The Kier molecular flexibility index (Phi) is 8.76. The first-order chi connectivity index (χ1) is 13.4. The Hall–Kier alpha value is -2.09. The minimum atomic E-state index is -0.721. The molecule has 2 rings (SSSR count). The molecule has 0 fully saturated rings. The summed E-state index contributed by atoms with van der Waals surface area (Å²) in [5.74, 6) is 0.0458. The van der Waals surface area contributed by atoms with Crippen LogP contribution in [0, 0.1) is 0 Å². The maximum atomic E-state index is 12.3. The van der Waals surface area contributed by atoms with Crippen LogP contribution in [-0.4, -0.2) is 38.2 Å². The molecule has 0 aliphatic heterocycles. The number of hydrogen-bond donors (Lipinski definition) is 2. The summed E-state index contributed by atoms with van der Waals surface area (Å²) >= 11 is 9.26. The predicted molar refractivity (Wildman–Crippen MR) is 113 cm³/mol. The van der Waals surface area contributed by atoms with Gasteiger partial charge in [0.2, 0.25) is 0 Å². The second kappa shape index (κ2) is 11.0. The highest BCUT2D eigenvalue weighted by molar-refractivity contribution is 9.10. The van der Waals surface area contributed by atoms with Crippen molar-refractivity contribution in [1.82, 2.24) is 5.32 Å². The van der Waals surface area contributed by atoms with E-state index < -0.39 is 6.10 Å². The van der Waals surface area contributed by atoms with Crippen LogP contribution < -0.4 is 15.4 Å². The normalized spacial score (nSPS) is 11.6. The molecule has 0 radical (unpaired) electrons. The fraction of sp³-hybridized carbons (Fsp3) is 0.300. The van der Waals surface area contributed by atoms with E-state index in [4.69, 9.17) is 21.1 Å². The van der Waals surface area contributed by atoms with Gasteiger partial charge in [-0.3, -0.25) is 9.59 Å². The standard InChI is InChI=1S/C20H22BrClN2O4/c1-13(28-18-9-6-15(22)12-17(18)21)19(25)24-16-7-4-14(5-8-16)20(26)23-10-3-11-27-2/h4-9,12-13H,3,10-11H2,1-2H3,(H,23,26)(H,24,25). The summed E-state index contributed by atoms with van der Waals surface area (Å²) in [5, 5.41) is 6.14. The third-order valence-electron chi connectivity index (χ3n) is 3.79. The van der Waals surface area contributed by atoms with E-state index in [9.17, 15) is 9.59 Å². The highest BCUT2D eigenvalue weighted by atomic mass is 79.9. The van der Waals surface area contributed by atoms with Crippen LogP contribution in [0.3, 0.4) is 0 Å². The summed E-state index contributed by atoms with van der Waals surface area (Å²) < 4.78 is 11.3. The number of ether oxygens (including phenoxy) is 2. The highest BCUT2D eigenvalue weighted by Crippen LogP contribution is 2.28. The average Bonchev–Trinajstić information content (AvgIpc) is 2.67. The number of benzene rings is 2. The Morgan fingerprint density at radius 3 is 2.54 bits per heavy atom. The van der Waals surface area contributed by atoms with E-state index in [1.165, 1.54) is 0 Å². The quantitative estimate of drug-likeness (QED) is 0.538. The molecule has 2 aromatic carbocycles. The van der Waals surface area contributed by atoms with Gasteiger partial charge in [-0.05, 0) is 71.7 Å². The molecule has 150 valence electrons. The van der Waals surface area contributed by atoms with Crippen LogP contribution in [0.5, 0.6) is 5.75 Å². The lowest BCUT2D eigenvalue weighted by atomic mass is 10.2. The number of anilines is 1. The fourth-order valence-corrected chi connectivity index (χ4v) is 3.06. The Morgan fingerprint density at radius 1 is 1.18 bits per heavy atom. The van der Waals surface area contributed by atoms with Gasteiger partial charge >= 0.3 is 0 Å². The van der Waals surface area contributed by atoms with Gasteiger partial charge in [0.15, 0.2) is 6.10 Å². The maximum Gasteiger partial charge on any atom is 0.265 e. The second-order valence-corrected chi connectivity index (χ2v) is 7.29. The van der Waals surface area contributed by atoms with Gasteiger partial charge in [-0.2, -0.15) is 0 Å². The topological polar surface area (TPSA) is 76.7 Å². The first kappa shape index (κ1) is 22.2. The van der Waals surface area contributed by atoms with Crippen LogP contribution in [-0.2, 0) is 9.53 Å². The van der Waals surface area contributed by atoms with Crippen LogP contribution in [0.15, 0.2) is 46.9 Å². The van der Waals surface area contributed by atoms with Gasteiger partial charge in [0.1, 0.15) is 5.75 Å². The Morgan fingerprint density at radius 2 is 1.89 bits per heavy atom. The molecule has 6 nitrogen and oxygen atoms in total. The van der Waals surface area contributed by atoms with Gasteiger partial charge in [-0.15, -0.1) is 0 Å². The lowest BCUT2D eigenvalue weighted by molar-refractivity contribution is -0.122. The van der Waals surface area contributed by atoms with Crippen molar-refractivity contribution in [1.29, 1.82) is 0 Å². The molecular weight excluding hydrogens is 448 g/mol. The Bertz CT molecular complexity index is 814. The SMILES string of the molecule is COCCCNC(=O)c1ccc(NC(=O)C(C)Oc2ccc(Cl)cc2Br)cc1. The summed E-state index contributed by atoms with van der Waals surface area (Å²) in [6, 6.07) is 11.7. The predicted octanol–water partition coefficient (Wildman–Crippen LogP) is 4.27. The largest absolute Gasteiger partial charge is 0.480 e. The van der Waals surface area contributed by atoms with E-state index in [0.717, 1.165) is 6.42 Å². The first-order valence-corrected chi connectivity index (χ1v) is 9.87. The van der Waals surface area contributed by atoms with Gasteiger partial charge in [0.25, 0.3) is 11.8 Å². The molecule has 2 N–H and O–H groups in total. The van der Waals surface area contributed by atoms with Gasteiger partial charge in [-0.25, -0.2) is 0 Å². The number of carbonyl (C=O) groups is 2. The fourth-order valence-electron chi connectivity index (χ4n) is 2.28. The van der Waals surface area contributed by atoms with E-state index in [1.807, 2.05) is 0 Å². The van der Waals surface area contributed by atoms with E-state index in [-0.39, 0.29) is 11.8 Å². The number of nitrogens with one attached hydrogen (secondary N) is 2. The zero-order valence-electron chi connectivity index (χ0n) is 15.6. The number of methoxy groups -OCH3 is 1. The third kappa shape index (κ3) is 6.82. The Balaban J connectivity index is 1.88. The number of amides is 2. The van der Waals surface area contributed by atoms with Crippen LogP contribution in [0.4, 0.5) is 5.69 Å². The van der Waals surface area contributed by atoms with E-state index >= 15 is 0 Å². The molecule has 0 saturated heterocycles. The molecule has 0 aliphatic rings. The average molecular weight is 470 g/mol. The summed E-state index contributed by atoms with van der Waals surface area (Å²) in [6.07, 6.45) is 0.0269. The third-order valence-corrected chi connectivity index (χ3v) is 4.65. The monoisotopic (exact) mass is 468 g/mol. The number of carbonyl (C=O) groups excluding carboxylic acids is 2. The zero-order chi connectivity index (χ0) is 20.5. The Labute approximate surface area is 177 Å². The van der Waals surface area contributed by atoms with Crippen molar-refractivity contribution < 1.29 is 19.1 Å². The first-order valence-electron chi connectivity index (χ1n) is 8.70. The summed E-state index contributed by atoms with van der Waals surface area (Å²) in [7, 11) is 1.62. The second-order valence-electron chi connectivity index (χ2n) is 6.00. The molecule has 0 saturated carbocycles. The van der Waals surface area contributed by atoms with Crippen molar-refractivity contribution in [3.63, 3.8) is 0 Å². The summed E-state index contributed by atoms with van der Waals surface area (Å²) in [4.78, 5) is 24.4. The minimum Gasteiger partial charge on any atom is -0.480 e. The highest BCUT2D eigenvalue weighted by Gasteiger charge is 2.16. The minimum absolute atomic E-state index is 0.168. The molecule has 1 atom stereocenters. The van der Waals surface area contributed by atoms with E-state index in [1.54, 1.807) is 56.5 Å². The maximum absolute atomic E-state index is 12.3. The number of rotatable bonds is 9. The lowest BCUT2D eigenvalue weighted by Crippen LogP contribution is -2.30. The van der Waals surface area contributed by atoms with Crippen LogP contribution in [0.2, 0.25) is 5.02 Å². The van der Waals surface area contributed by atoms with Gasteiger partial charge < -0.3 is 20.1 Å². The molecule has 0 heterocycles. The molecular formula is C20H22BrClN2O4. The number of halogens is 2. The zero-order valence-corrected chi connectivity index (χ0v) is 18.0. The van der Waals surface area contributed by atoms with Gasteiger partial charge in [-0.1, -0.05) is 11.6 Å². The lowest BCUT2D eigenvalue weighted by Gasteiger charge is -2.16. The van der Waals surface area contributed by atoms with Crippen molar-refractivity contribution in [2.24, 2.45) is 0 Å². The van der Waals surface area contributed by atoms with E-state index in [2.05, 4.69) is 26.6 Å². The van der Waals surface area contributed by atoms with Crippen LogP contribution >= 0.6 is 27.5 Å². The van der Waals surface area contributed by atoms with Crippen molar-refractivity contribution in [3.05, 3.63) is 57.5 Å². The molecule has 2 aromatic rings. The van der Waals surface area contributed by atoms with Gasteiger partial charge in [0.05, 0.1) is 4.47 Å². The summed E-state index contributed by atoms with van der Waals surface area (Å²) in [6.45, 7) is 2.79.